The number of fused-ring (bicyclic) bond motifs is 1. The molecule has 0 saturated heterocycles. The van der Waals surface area contributed by atoms with Crippen molar-refractivity contribution in [3.8, 4) is 0 Å². The number of carbonyl (C=O) groups excluding carboxylic acids is 2. The number of anilines is 2. The second-order valence-electron chi connectivity index (χ2n) is 10.6. The molecule has 7 nitrogen and oxygen atoms in total. The molecule has 7 heteroatoms. The van der Waals surface area contributed by atoms with Gasteiger partial charge in [-0.25, -0.2) is 4.98 Å². The molecular formula is C27H36N4O3. The minimum atomic E-state index is -0.246. The zero-order valence-corrected chi connectivity index (χ0v) is 20.1. The van der Waals surface area contributed by atoms with E-state index < -0.39 is 0 Å². The molecule has 2 aromatic rings. The van der Waals surface area contributed by atoms with Crippen molar-refractivity contribution in [2.45, 2.75) is 51.9 Å². The number of hydrogen-bond acceptors (Lipinski definition) is 6. The number of hydrogen-bond donors (Lipinski definition) is 3. The molecule has 4 aliphatic rings. The van der Waals surface area contributed by atoms with E-state index in [1.54, 1.807) is 6.92 Å². The number of nitrogens with zero attached hydrogens (tertiary/aromatic N) is 1. The average molecular weight is 465 g/mol. The Labute approximate surface area is 201 Å². The van der Waals surface area contributed by atoms with Gasteiger partial charge in [-0.1, -0.05) is 6.07 Å². The van der Waals surface area contributed by atoms with Gasteiger partial charge in [0.25, 0.3) is 0 Å². The summed E-state index contributed by atoms with van der Waals surface area (Å²) in [5.74, 6) is 3.22. The Kier molecular flexibility index (Phi) is 6.73. The standard InChI is InChI=1S/C27H36N4O3/c1-2-34-26(33)17-28-8-9-29-24-7-6-21-22(30-24)4-3-5-23(21)31-25(32)16-27-13-18-10-19(14-27)12-20(11-18)15-27/h3-7,18-20,28H,2,8-17H2,1H3,(H,29,30)(H,31,32). The molecular weight excluding hydrogens is 428 g/mol. The van der Waals surface area contributed by atoms with Gasteiger partial charge in [-0.05, 0) is 92.9 Å². The largest absolute Gasteiger partial charge is 0.465 e. The molecule has 0 atom stereocenters. The zero-order chi connectivity index (χ0) is 23.5. The highest BCUT2D eigenvalue weighted by atomic mass is 16.5. The molecule has 1 aromatic carbocycles. The molecule has 0 spiro atoms. The van der Waals surface area contributed by atoms with Crippen molar-refractivity contribution < 1.29 is 14.3 Å². The number of nitrogens with one attached hydrogen (secondary N) is 3. The Morgan fingerprint density at radius 1 is 1.03 bits per heavy atom. The highest BCUT2D eigenvalue weighted by Crippen LogP contribution is 2.61. The molecule has 3 N–H and O–H groups in total. The number of ether oxygens (including phenoxy) is 1. The molecule has 4 saturated carbocycles. The molecule has 4 bridgehead atoms. The van der Waals surface area contributed by atoms with E-state index >= 15 is 0 Å². The Morgan fingerprint density at radius 3 is 2.47 bits per heavy atom. The van der Waals surface area contributed by atoms with Crippen molar-refractivity contribution in [2.24, 2.45) is 23.2 Å². The average Bonchev–Trinajstić information content (AvgIpc) is 2.78. The summed E-state index contributed by atoms with van der Waals surface area (Å²) in [4.78, 5) is 29.2. The fraction of sp³-hybridized carbons (Fsp3) is 0.593. The molecule has 0 unspecified atom stereocenters. The predicted molar refractivity (Wildman–Crippen MR) is 134 cm³/mol. The second kappa shape index (κ2) is 9.90. The van der Waals surface area contributed by atoms with Gasteiger partial charge >= 0.3 is 5.97 Å². The fourth-order valence-corrected chi connectivity index (χ4v) is 7.09. The van der Waals surface area contributed by atoms with Crippen LogP contribution in [0.2, 0.25) is 0 Å². The minimum Gasteiger partial charge on any atom is -0.465 e. The van der Waals surface area contributed by atoms with Gasteiger partial charge in [0.1, 0.15) is 5.82 Å². The molecule has 1 amide bonds. The Balaban J connectivity index is 1.17. The lowest BCUT2D eigenvalue weighted by Crippen LogP contribution is -2.47. The lowest BCUT2D eigenvalue weighted by molar-refractivity contribution is -0.142. The molecule has 4 fully saturated rings. The van der Waals surface area contributed by atoms with Crippen molar-refractivity contribution in [3.63, 3.8) is 0 Å². The van der Waals surface area contributed by atoms with Crippen LogP contribution in [0.3, 0.4) is 0 Å². The fourth-order valence-electron chi connectivity index (χ4n) is 7.09. The molecule has 1 aromatic heterocycles. The van der Waals surface area contributed by atoms with Crippen LogP contribution in [0.15, 0.2) is 30.3 Å². The van der Waals surface area contributed by atoms with Crippen molar-refractivity contribution in [3.05, 3.63) is 30.3 Å². The van der Waals surface area contributed by atoms with E-state index in [0.717, 1.165) is 40.2 Å². The van der Waals surface area contributed by atoms with Crippen LogP contribution >= 0.6 is 0 Å². The first-order chi connectivity index (χ1) is 16.5. The molecule has 6 rings (SSSR count). The summed E-state index contributed by atoms with van der Waals surface area (Å²) in [5, 5.41) is 10.5. The maximum Gasteiger partial charge on any atom is 0.319 e. The third-order valence-electron chi connectivity index (χ3n) is 7.89. The molecule has 34 heavy (non-hydrogen) atoms. The number of amides is 1. The van der Waals surface area contributed by atoms with E-state index in [1.165, 1.54) is 38.5 Å². The van der Waals surface area contributed by atoms with Gasteiger partial charge in [-0.15, -0.1) is 0 Å². The van der Waals surface area contributed by atoms with E-state index in [4.69, 9.17) is 9.72 Å². The van der Waals surface area contributed by atoms with Crippen LogP contribution in [0, 0.1) is 23.2 Å². The van der Waals surface area contributed by atoms with Crippen LogP contribution in [0.1, 0.15) is 51.9 Å². The van der Waals surface area contributed by atoms with Gasteiger partial charge in [0.2, 0.25) is 5.91 Å². The number of carbonyl (C=O) groups is 2. The summed E-state index contributed by atoms with van der Waals surface area (Å²) in [6.45, 7) is 3.65. The first-order valence-electron chi connectivity index (χ1n) is 12.8. The monoisotopic (exact) mass is 464 g/mol. The minimum absolute atomic E-state index is 0.143. The van der Waals surface area contributed by atoms with Crippen LogP contribution < -0.4 is 16.0 Å². The summed E-state index contributed by atoms with van der Waals surface area (Å²) < 4.78 is 4.90. The van der Waals surface area contributed by atoms with Crippen LogP contribution in [-0.2, 0) is 14.3 Å². The highest BCUT2D eigenvalue weighted by molar-refractivity contribution is 6.01. The van der Waals surface area contributed by atoms with Crippen LogP contribution in [-0.4, -0.2) is 43.1 Å². The smallest absolute Gasteiger partial charge is 0.319 e. The number of esters is 1. The Morgan fingerprint density at radius 2 is 1.76 bits per heavy atom. The van der Waals surface area contributed by atoms with Gasteiger partial charge in [0, 0.05) is 24.9 Å². The van der Waals surface area contributed by atoms with Crippen LogP contribution in [0.4, 0.5) is 11.5 Å². The number of rotatable bonds is 10. The number of benzene rings is 1. The Bertz CT molecular complexity index is 1020. The lowest BCUT2D eigenvalue weighted by Gasteiger charge is -2.56. The second-order valence-corrected chi connectivity index (χ2v) is 10.6. The molecule has 0 aliphatic heterocycles. The maximum atomic E-state index is 13.1. The van der Waals surface area contributed by atoms with Gasteiger partial charge in [0.05, 0.1) is 24.4 Å². The van der Waals surface area contributed by atoms with E-state index in [2.05, 4.69) is 16.0 Å². The maximum absolute atomic E-state index is 13.1. The zero-order valence-electron chi connectivity index (χ0n) is 20.1. The Hall–Kier alpha value is -2.67. The van der Waals surface area contributed by atoms with Crippen molar-refractivity contribution >= 4 is 34.3 Å². The van der Waals surface area contributed by atoms with E-state index in [9.17, 15) is 9.59 Å². The van der Waals surface area contributed by atoms with E-state index in [1.807, 2.05) is 30.3 Å². The van der Waals surface area contributed by atoms with Crippen molar-refractivity contribution in [1.29, 1.82) is 0 Å². The third kappa shape index (κ3) is 5.19. The first-order valence-corrected chi connectivity index (χ1v) is 12.8. The summed E-state index contributed by atoms with van der Waals surface area (Å²) in [6, 6.07) is 9.82. The van der Waals surface area contributed by atoms with Gasteiger partial charge in [-0.2, -0.15) is 0 Å². The number of aromatic nitrogens is 1. The van der Waals surface area contributed by atoms with Gasteiger partial charge in [-0.3, -0.25) is 9.59 Å². The molecule has 1 heterocycles. The third-order valence-corrected chi connectivity index (χ3v) is 7.89. The molecule has 182 valence electrons. The first kappa shape index (κ1) is 23.1. The van der Waals surface area contributed by atoms with Crippen LogP contribution in [0.5, 0.6) is 0 Å². The quantitative estimate of drug-likeness (QED) is 0.358. The topological polar surface area (TPSA) is 92.4 Å². The highest BCUT2D eigenvalue weighted by Gasteiger charge is 2.51. The lowest BCUT2D eigenvalue weighted by atomic mass is 9.49. The van der Waals surface area contributed by atoms with E-state index in [0.29, 0.717) is 26.1 Å². The van der Waals surface area contributed by atoms with Crippen LogP contribution in [0.25, 0.3) is 10.9 Å². The van der Waals surface area contributed by atoms with Gasteiger partial charge < -0.3 is 20.7 Å². The summed E-state index contributed by atoms with van der Waals surface area (Å²) >= 11 is 0. The predicted octanol–water partition coefficient (Wildman–Crippen LogP) is 4.34. The summed E-state index contributed by atoms with van der Waals surface area (Å²) in [5.41, 5.74) is 1.92. The molecule has 4 aliphatic carbocycles. The summed E-state index contributed by atoms with van der Waals surface area (Å²) in [6.07, 6.45) is 8.57. The van der Waals surface area contributed by atoms with Crippen molar-refractivity contribution in [2.75, 3.05) is 36.9 Å². The summed E-state index contributed by atoms with van der Waals surface area (Å²) in [7, 11) is 0. The normalized spacial score (nSPS) is 27.0. The SMILES string of the molecule is CCOC(=O)CNCCNc1ccc2c(NC(=O)CC34CC5CC(CC(C5)C3)C4)cccc2n1. The van der Waals surface area contributed by atoms with Gasteiger partial charge in [0.15, 0.2) is 0 Å². The van der Waals surface area contributed by atoms with E-state index in [-0.39, 0.29) is 23.8 Å². The number of pyridine rings is 1. The van der Waals surface area contributed by atoms with Crippen molar-refractivity contribution in [1.82, 2.24) is 10.3 Å². The molecule has 0 radical (unpaired) electrons.